The zero-order valence-corrected chi connectivity index (χ0v) is 12.0. The third-order valence-corrected chi connectivity index (χ3v) is 4.07. The Kier molecular flexibility index (Phi) is 4.11. The van der Waals surface area contributed by atoms with Crippen molar-refractivity contribution in [2.45, 2.75) is 51.1 Å². The highest BCUT2D eigenvalue weighted by molar-refractivity contribution is 5.45. The number of benzene rings is 1. The second-order valence-corrected chi connectivity index (χ2v) is 5.35. The minimum atomic E-state index is -0.532. The zero-order valence-electron chi connectivity index (χ0n) is 12.0. The molecular weight excluding hydrogens is 236 g/mol. The zero-order chi connectivity index (χ0) is 13.9. The number of fused-ring (bicyclic) bond motifs is 1. The normalized spacial score (nSPS) is 23.3. The van der Waals surface area contributed by atoms with Crippen molar-refractivity contribution in [3.63, 3.8) is 0 Å². The molecule has 0 saturated heterocycles. The Balaban J connectivity index is 2.42. The summed E-state index contributed by atoms with van der Waals surface area (Å²) >= 11 is 0. The molecule has 19 heavy (non-hydrogen) atoms. The van der Waals surface area contributed by atoms with Crippen LogP contribution in [0.15, 0.2) is 18.2 Å². The van der Waals surface area contributed by atoms with E-state index in [1.165, 1.54) is 5.56 Å². The second kappa shape index (κ2) is 5.63. The van der Waals surface area contributed by atoms with Gasteiger partial charge in [-0.15, -0.1) is 0 Å². The molecule has 1 aliphatic carbocycles. The summed E-state index contributed by atoms with van der Waals surface area (Å²) < 4.78 is 5.28. The minimum absolute atomic E-state index is 0.340. The van der Waals surface area contributed by atoms with E-state index in [1.54, 1.807) is 7.11 Å². The van der Waals surface area contributed by atoms with Crippen LogP contribution in [-0.4, -0.2) is 13.2 Å². The molecule has 1 aromatic carbocycles. The molecule has 0 saturated carbocycles. The van der Waals surface area contributed by atoms with Crippen LogP contribution in [0.1, 0.15) is 44.2 Å². The predicted octanol–water partition coefficient (Wildman–Crippen LogP) is 3.14. The van der Waals surface area contributed by atoms with Gasteiger partial charge in [-0.25, -0.2) is 0 Å². The monoisotopic (exact) mass is 258 g/mol. The Labute approximate surface area is 115 Å². The van der Waals surface area contributed by atoms with Gasteiger partial charge in [-0.2, -0.15) is 5.26 Å². The summed E-state index contributed by atoms with van der Waals surface area (Å²) in [5, 5.41) is 13.2. The highest BCUT2D eigenvalue weighted by atomic mass is 16.5. The molecule has 102 valence electrons. The van der Waals surface area contributed by atoms with Crippen molar-refractivity contribution in [2.24, 2.45) is 0 Å². The van der Waals surface area contributed by atoms with Crippen molar-refractivity contribution < 1.29 is 4.74 Å². The Bertz CT molecular complexity index is 492. The van der Waals surface area contributed by atoms with Gasteiger partial charge in [0.05, 0.1) is 13.2 Å². The molecule has 0 radical (unpaired) electrons. The molecule has 0 aliphatic heterocycles. The number of ether oxygens (including phenoxy) is 1. The lowest BCUT2D eigenvalue weighted by molar-refractivity contribution is 0.323. The summed E-state index contributed by atoms with van der Waals surface area (Å²) in [6, 6.07) is 8.93. The van der Waals surface area contributed by atoms with Gasteiger partial charge in [-0.3, -0.25) is 5.32 Å². The minimum Gasteiger partial charge on any atom is -0.497 e. The highest BCUT2D eigenvalue weighted by Crippen LogP contribution is 2.37. The fourth-order valence-electron chi connectivity index (χ4n) is 2.82. The Hall–Kier alpha value is -1.53. The van der Waals surface area contributed by atoms with Crippen molar-refractivity contribution >= 4 is 0 Å². The maximum atomic E-state index is 9.72. The van der Waals surface area contributed by atoms with Gasteiger partial charge in [0, 0.05) is 6.04 Å². The molecule has 0 spiro atoms. The highest BCUT2D eigenvalue weighted by Gasteiger charge is 2.37. The molecule has 0 aromatic heterocycles. The molecule has 0 bridgehead atoms. The average molecular weight is 258 g/mol. The molecule has 1 aliphatic rings. The molecule has 2 unspecified atom stereocenters. The van der Waals surface area contributed by atoms with Gasteiger partial charge in [0.25, 0.3) is 0 Å². The van der Waals surface area contributed by atoms with Crippen LogP contribution >= 0.6 is 0 Å². The van der Waals surface area contributed by atoms with Gasteiger partial charge in [0.15, 0.2) is 0 Å². The number of aryl methyl sites for hydroxylation is 1. The molecule has 1 N–H and O–H groups in total. The fraction of sp³-hybridized carbons (Fsp3) is 0.562. The van der Waals surface area contributed by atoms with E-state index in [0.717, 1.165) is 37.0 Å². The number of nitriles is 1. The van der Waals surface area contributed by atoms with E-state index in [0.29, 0.717) is 6.04 Å². The van der Waals surface area contributed by atoms with Crippen LogP contribution in [0.25, 0.3) is 0 Å². The lowest BCUT2D eigenvalue weighted by Gasteiger charge is -2.36. The van der Waals surface area contributed by atoms with Gasteiger partial charge in [0.1, 0.15) is 11.3 Å². The van der Waals surface area contributed by atoms with Crippen LogP contribution in [0.4, 0.5) is 0 Å². The van der Waals surface area contributed by atoms with Gasteiger partial charge < -0.3 is 4.74 Å². The van der Waals surface area contributed by atoms with Crippen molar-refractivity contribution in [1.29, 1.82) is 5.26 Å². The standard InChI is InChI=1S/C16H22N2O/c1-4-12(2)18-16(11-17)9-5-6-13-10-14(19-3)7-8-15(13)16/h7-8,10,12,18H,4-6,9H2,1-3H3. The van der Waals surface area contributed by atoms with Gasteiger partial charge in [-0.1, -0.05) is 13.0 Å². The Morgan fingerprint density at radius 2 is 2.32 bits per heavy atom. The van der Waals surface area contributed by atoms with E-state index in [2.05, 4.69) is 31.3 Å². The number of hydrogen-bond donors (Lipinski definition) is 1. The molecule has 0 heterocycles. The maximum absolute atomic E-state index is 9.72. The van der Waals surface area contributed by atoms with Crippen LogP contribution in [0, 0.1) is 11.3 Å². The predicted molar refractivity (Wildman–Crippen MR) is 76.1 cm³/mol. The van der Waals surface area contributed by atoms with Crippen molar-refractivity contribution in [3.05, 3.63) is 29.3 Å². The van der Waals surface area contributed by atoms with E-state index < -0.39 is 5.54 Å². The third-order valence-electron chi connectivity index (χ3n) is 4.07. The van der Waals surface area contributed by atoms with Crippen LogP contribution in [0.5, 0.6) is 5.75 Å². The average Bonchev–Trinajstić information content (AvgIpc) is 2.46. The molecule has 3 heteroatoms. The quantitative estimate of drug-likeness (QED) is 0.902. The number of methoxy groups -OCH3 is 1. The SMILES string of the molecule is CCC(C)NC1(C#N)CCCc2cc(OC)ccc21. The van der Waals surface area contributed by atoms with Crippen molar-refractivity contribution in [1.82, 2.24) is 5.32 Å². The number of rotatable bonds is 4. The van der Waals surface area contributed by atoms with Crippen LogP contribution in [0.2, 0.25) is 0 Å². The fourth-order valence-corrected chi connectivity index (χ4v) is 2.82. The smallest absolute Gasteiger partial charge is 0.132 e. The van der Waals surface area contributed by atoms with E-state index >= 15 is 0 Å². The summed E-state index contributed by atoms with van der Waals surface area (Å²) in [6.07, 6.45) is 3.97. The van der Waals surface area contributed by atoms with E-state index in [4.69, 9.17) is 4.74 Å². The number of hydrogen-bond acceptors (Lipinski definition) is 3. The molecule has 2 rings (SSSR count). The summed E-state index contributed by atoms with van der Waals surface area (Å²) in [5.41, 5.74) is 1.83. The van der Waals surface area contributed by atoms with E-state index in [9.17, 15) is 5.26 Å². The third kappa shape index (κ3) is 2.59. The van der Waals surface area contributed by atoms with Gasteiger partial charge in [-0.05, 0) is 55.9 Å². The van der Waals surface area contributed by atoms with E-state index in [-0.39, 0.29) is 0 Å². The first-order valence-electron chi connectivity index (χ1n) is 7.01. The van der Waals surface area contributed by atoms with Crippen LogP contribution < -0.4 is 10.1 Å². The topological polar surface area (TPSA) is 45.0 Å². The lowest BCUT2D eigenvalue weighted by atomic mass is 9.77. The first kappa shape index (κ1) is 13.9. The summed E-state index contributed by atoms with van der Waals surface area (Å²) in [7, 11) is 1.68. The van der Waals surface area contributed by atoms with Gasteiger partial charge in [0.2, 0.25) is 0 Å². The molecule has 1 aromatic rings. The first-order valence-corrected chi connectivity index (χ1v) is 7.01. The maximum Gasteiger partial charge on any atom is 0.132 e. The first-order chi connectivity index (χ1) is 9.15. The molecular formula is C16H22N2O. The molecule has 0 amide bonds. The van der Waals surface area contributed by atoms with Crippen molar-refractivity contribution in [2.75, 3.05) is 7.11 Å². The van der Waals surface area contributed by atoms with E-state index in [1.807, 2.05) is 12.1 Å². The van der Waals surface area contributed by atoms with Crippen molar-refractivity contribution in [3.8, 4) is 11.8 Å². The van der Waals surface area contributed by atoms with Crippen LogP contribution in [0.3, 0.4) is 0 Å². The summed E-state index contributed by atoms with van der Waals surface area (Å²) in [5.74, 6) is 0.871. The molecule has 0 fully saturated rings. The summed E-state index contributed by atoms with van der Waals surface area (Å²) in [6.45, 7) is 4.28. The largest absolute Gasteiger partial charge is 0.497 e. The Morgan fingerprint density at radius 3 is 2.95 bits per heavy atom. The summed E-state index contributed by atoms with van der Waals surface area (Å²) in [4.78, 5) is 0. The number of nitrogens with zero attached hydrogens (tertiary/aromatic N) is 1. The molecule has 2 atom stereocenters. The molecule has 3 nitrogen and oxygen atoms in total. The van der Waals surface area contributed by atoms with Gasteiger partial charge >= 0.3 is 0 Å². The van der Waals surface area contributed by atoms with Crippen LogP contribution in [-0.2, 0) is 12.0 Å². The lowest BCUT2D eigenvalue weighted by Crippen LogP contribution is -2.47. The second-order valence-electron chi connectivity index (χ2n) is 5.35. The number of nitrogens with one attached hydrogen (secondary N) is 1. The Morgan fingerprint density at radius 1 is 1.53 bits per heavy atom.